The topological polar surface area (TPSA) is 52.5 Å². The summed E-state index contributed by atoms with van der Waals surface area (Å²) < 4.78 is 0. The van der Waals surface area contributed by atoms with Crippen molar-refractivity contribution >= 4 is 0 Å². The third kappa shape index (κ3) is 3.08. The van der Waals surface area contributed by atoms with E-state index in [4.69, 9.17) is 0 Å². The van der Waals surface area contributed by atoms with Crippen LogP contribution in [0, 0.1) is 46.3 Å². The normalized spacial score (nSPS) is 54.7. The monoisotopic (exact) mass is 403 g/mol. The molecule has 166 valence electrons. The van der Waals surface area contributed by atoms with E-state index in [-0.39, 0.29) is 6.10 Å². The molecule has 5 aliphatic rings. The van der Waals surface area contributed by atoms with Crippen molar-refractivity contribution in [1.29, 1.82) is 0 Å². The molecule has 0 radical (unpaired) electrons. The first-order valence-corrected chi connectivity index (χ1v) is 12.9. The van der Waals surface area contributed by atoms with Gasteiger partial charge in [0, 0.05) is 12.5 Å². The summed E-state index contributed by atoms with van der Waals surface area (Å²) in [5, 5.41) is 25.7. The summed E-state index contributed by atoms with van der Waals surface area (Å²) >= 11 is 0. The largest absolute Gasteiger partial charge is 0.393 e. The summed E-state index contributed by atoms with van der Waals surface area (Å²) in [5.41, 5.74) is 0.247. The first-order valence-electron chi connectivity index (χ1n) is 12.9. The van der Waals surface area contributed by atoms with Gasteiger partial charge in [0.15, 0.2) is 0 Å². The highest BCUT2D eigenvalue weighted by atomic mass is 16.3. The van der Waals surface area contributed by atoms with Crippen molar-refractivity contribution in [2.24, 2.45) is 46.3 Å². The van der Waals surface area contributed by atoms with Crippen LogP contribution in [0.1, 0.15) is 91.4 Å². The molecule has 4 aliphatic carbocycles. The van der Waals surface area contributed by atoms with Crippen LogP contribution in [-0.2, 0) is 0 Å². The highest BCUT2D eigenvalue weighted by Gasteiger charge is 2.63. The average Bonchev–Trinajstić information content (AvgIpc) is 3.07. The van der Waals surface area contributed by atoms with Crippen LogP contribution in [-0.4, -0.2) is 35.0 Å². The van der Waals surface area contributed by atoms with Crippen molar-refractivity contribution in [2.45, 2.75) is 103 Å². The minimum absolute atomic E-state index is 0.0476. The first-order chi connectivity index (χ1) is 13.8. The van der Waals surface area contributed by atoms with Crippen LogP contribution in [0.15, 0.2) is 0 Å². The van der Waals surface area contributed by atoms with Crippen LogP contribution in [0.5, 0.6) is 0 Å². The number of hydrogen-bond acceptors (Lipinski definition) is 3. The van der Waals surface area contributed by atoms with Crippen molar-refractivity contribution in [2.75, 3.05) is 13.1 Å². The van der Waals surface area contributed by atoms with Gasteiger partial charge >= 0.3 is 0 Å². The number of piperidine rings is 1. The fourth-order valence-corrected chi connectivity index (χ4v) is 9.83. The Hall–Kier alpha value is -0.120. The van der Waals surface area contributed by atoms with E-state index in [2.05, 4.69) is 26.1 Å². The van der Waals surface area contributed by atoms with Crippen molar-refractivity contribution in [3.8, 4) is 0 Å². The Morgan fingerprint density at radius 2 is 1.66 bits per heavy atom. The molecule has 1 aliphatic heterocycles. The molecule has 0 spiro atoms. The third-order valence-electron chi connectivity index (χ3n) is 11.5. The molecule has 0 bridgehead atoms. The van der Waals surface area contributed by atoms with Crippen LogP contribution < -0.4 is 5.32 Å². The highest BCUT2D eigenvalue weighted by molar-refractivity contribution is 5.12. The molecule has 5 rings (SSSR count). The lowest BCUT2D eigenvalue weighted by Crippen LogP contribution is -2.57. The molecular formula is C26H45NO2. The molecule has 1 heterocycles. The maximum absolute atomic E-state index is 11.8. The quantitative estimate of drug-likeness (QED) is 0.623. The van der Waals surface area contributed by atoms with Gasteiger partial charge in [-0.05, 0) is 125 Å². The van der Waals surface area contributed by atoms with Gasteiger partial charge in [-0.3, -0.25) is 0 Å². The number of aliphatic hydroxyl groups excluding tert-OH is 1. The Labute approximate surface area is 178 Å². The van der Waals surface area contributed by atoms with Crippen LogP contribution in [0.3, 0.4) is 0 Å². The SMILES string of the molecule is CC(O)(C1CCCNC1)[C@H]1CC[C@H]2[C@@H]3CCC4C[C@@H](O)CC[C@]4(C)[C@H]3CC[C@]12C. The zero-order valence-corrected chi connectivity index (χ0v) is 19.1. The van der Waals surface area contributed by atoms with Gasteiger partial charge in [-0.1, -0.05) is 13.8 Å². The lowest BCUT2D eigenvalue weighted by molar-refractivity contribution is -0.154. The van der Waals surface area contributed by atoms with Gasteiger partial charge < -0.3 is 15.5 Å². The van der Waals surface area contributed by atoms with Crippen LogP contribution in [0.4, 0.5) is 0 Å². The van der Waals surface area contributed by atoms with Gasteiger partial charge in [0.05, 0.1) is 11.7 Å². The minimum Gasteiger partial charge on any atom is -0.393 e. The molecule has 4 saturated carbocycles. The first kappa shape index (κ1) is 20.8. The smallest absolute Gasteiger partial charge is 0.0693 e. The fraction of sp³-hybridized carbons (Fsp3) is 1.00. The molecule has 0 amide bonds. The Bertz CT molecular complexity index is 614. The van der Waals surface area contributed by atoms with Crippen molar-refractivity contribution in [3.63, 3.8) is 0 Å². The van der Waals surface area contributed by atoms with E-state index in [9.17, 15) is 10.2 Å². The molecule has 29 heavy (non-hydrogen) atoms. The van der Waals surface area contributed by atoms with E-state index in [1.54, 1.807) is 0 Å². The molecular weight excluding hydrogens is 358 g/mol. The number of hydrogen-bond donors (Lipinski definition) is 3. The van der Waals surface area contributed by atoms with E-state index < -0.39 is 5.60 Å². The molecule has 3 N–H and O–H groups in total. The highest BCUT2D eigenvalue weighted by Crippen LogP contribution is 2.69. The van der Waals surface area contributed by atoms with Crippen molar-refractivity contribution in [1.82, 2.24) is 5.32 Å². The van der Waals surface area contributed by atoms with Gasteiger partial charge in [0.1, 0.15) is 0 Å². The van der Waals surface area contributed by atoms with E-state index in [1.807, 2.05) is 0 Å². The molecule has 10 atom stereocenters. The van der Waals surface area contributed by atoms with Gasteiger partial charge in [0.25, 0.3) is 0 Å². The standard InChI is InChI=1S/C26H45NO2/c1-24-12-10-19(28)15-17(24)6-7-20-21-8-9-23(25(21,2)13-11-22(20)24)26(3,29)18-5-4-14-27-16-18/h17-23,27-29H,4-16H2,1-3H3/t17?,18?,19-,20-,21-,22-,23-,24-,25-,26?/m0/s1. The lowest BCUT2D eigenvalue weighted by Gasteiger charge is -2.61. The number of fused-ring (bicyclic) bond motifs is 5. The summed E-state index contributed by atoms with van der Waals surface area (Å²) in [4.78, 5) is 0. The lowest BCUT2D eigenvalue weighted by atomic mass is 9.44. The van der Waals surface area contributed by atoms with Crippen LogP contribution in [0.2, 0.25) is 0 Å². The molecule has 3 unspecified atom stereocenters. The molecule has 0 aromatic carbocycles. The van der Waals surface area contributed by atoms with E-state index in [1.165, 1.54) is 57.8 Å². The maximum Gasteiger partial charge on any atom is 0.0693 e. The fourth-order valence-electron chi connectivity index (χ4n) is 9.83. The molecule has 1 saturated heterocycles. The van der Waals surface area contributed by atoms with Crippen molar-refractivity contribution < 1.29 is 10.2 Å². The van der Waals surface area contributed by atoms with Gasteiger partial charge in [-0.25, -0.2) is 0 Å². The second kappa shape index (κ2) is 7.20. The maximum atomic E-state index is 11.8. The Balaban J connectivity index is 1.38. The predicted octanol–water partition coefficient (Wildman–Crippen LogP) is 4.76. The second-order valence-corrected chi connectivity index (χ2v) is 12.5. The van der Waals surface area contributed by atoms with E-state index >= 15 is 0 Å². The molecule has 0 aromatic rings. The predicted molar refractivity (Wildman–Crippen MR) is 117 cm³/mol. The Morgan fingerprint density at radius 3 is 2.41 bits per heavy atom. The molecule has 0 aromatic heterocycles. The van der Waals surface area contributed by atoms with Gasteiger partial charge in [-0.2, -0.15) is 0 Å². The number of aliphatic hydroxyl groups is 2. The van der Waals surface area contributed by atoms with E-state index in [0.29, 0.717) is 22.7 Å². The minimum atomic E-state index is -0.528. The Kier molecular flexibility index (Phi) is 5.16. The average molecular weight is 404 g/mol. The summed E-state index contributed by atoms with van der Waals surface area (Å²) in [7, 11) is 0. The molecule has 3 heteroatoms. The van der Waals surface area contributed by atoms with Gasteiger partial charge in [-0.15, -0.1) is 0 Å². The van der Waals surface area contributed by atoms with Gasteiger partial charge in [0.2, 0.25) is 0 Å². The summed E-state index contributed by atoms with van der Waals surface area (Å²) in [6.45, 7) is 9.46. The zero-order chi connectivity index (χ0) is 20.4. The summed E-state index contributed by atoms with van der Waals surface area (Å²) in [6, 6.07) is 0. The second-order valence-electron chi connectivity index (χ2n) is 12.5. The third-order valence-corrected chi connectivity index (χ3v) is 11.5. The summed E-state index contributed by atoms with van der Waals surface area (Å²) in [6.07, 6.45) is 13.6. The summed E-state index contributed by atoms with van der Waals surface area (Å²) in [5.74, 6) is 4.14. The number of rotatable bonds is 2. The van der Waals surface area contributed by atoms with Crippen molar-refractivity contribution in [3.05, 3.63) is 0 Å². The molecule has 3 nitrogen and oxygen atoms in total. The zero-order valence-electron chi connectivity index (χ0n) is 19.1. The Morgan fingerprint density at radius 1 is 0.897 bits per heavy atom. The van der Waals surface area contributed by atoms with E-state index in [0.717, 1.165) is 49.6 Å². The van der Waals surface area contributed by atoms with Crippen LogP contribution in [0.25, 0.3) is 0 Å². The number of nitrogens with one attached hydrogen (secondary N) is 1. The van der Waals surface area contributed by atoms with Crippen LogP contribution >= 0.6 is 0 Å². The molecule has 5 fully saturated rings.